The number of fused-ring (bicyclic) bond motifs is 1. The number of benzene rings is 4. The molecule has 0 aromatic heterocycles. The summed E-state index contributed by atoms with van der Waals surface area (Å²) in [5, 5.41) is 11.0. The number of nitriles is 1. The highest BCUT2D eigenvalue weighted by Crippen LogP contribution is 2.23. The van der Waals surface area contributed by atoms with Crippen LogP contribution >= 0.6 is 0 Å². The Morgan fingerprint density at radius 2 is 1.39 bits per heavy atom. The molecule has 0 aliphatic rings. The Hall–Kier alpha value is -4.63. The van der Waals surface area contributed by atoms with Crippen LogP contribution in [0.5, 0.6) is 5.75 Å². The highest BCUT2D eigenvalue weighted by atomic mass is 16.5. The van der Waals surface area contributed by atoms with Crippen molar-refractivity contribution < 1.29 is 14.3 Å². The van der Waals surface area contributed by atoms with Crippen LogP contribution in [-0.2, 0) is 16.0 Å². The van der Waals surface area contributed by atoms with Crippen molar-refractivity contribution in [2.75, 3.05) is 6.61 Å². The lowest BCUT2D eigenvalue weighted by atomic mass is 10.0. The van der Waals surface area contributed by atoms with E-state index < -0.39 is 5.91 Å². The van der Waals surface area contributed by atoms with E-state index in [2.05, 4.69) is 16.9 Å². The Balaban J connectivity index is 1.25. The summed E-state index contributed by atoms with van der Waals surface area (Å²) in [5.74, 6) is -0.242. The molecule has 0 saturated carbocycles. The van der Waals surface area contributed by atoms with Crippen LogP contribution in [-0.4, -0.2) is 18.4 Å². The van der Waals surface area contributed by atoms with Crippen molar-refractivity contribution in [3.05, 3.63) is 102 Å². The van der Waals surface area contributed by atoms with Crippen LogP contribution in [0.15, 0.2) is 91.0 Å². The van der Waals surface area contributed by atoms with Crippen LogP contribution in [0.4, 0.5) is 0 Å². The molecule has 6 heteroatoms. The van der Waals surface area contributed by atoms with Crippen molar-refractivity contribution in [2.45, 2.75) is 6.42 Å². The van der Waals surface area contributed by atoms with Gasteiger partial charge < -0.3 is 4.74 Å². The fourth-order valence-electron chi connectivity index (χ4n) is 3.47. The quantitative estimate of drug-likeness (QED) is 0.445. The molecule has 4 rings (SSSR count). The number of rotatable bonds is 6. The molecule has 2 amide bonds. The molecular weight excluding hydrogens is 414 g/mol. The molecule has 0 saturated heterocycles. The highest BCUT2D eigenvalue weighted by Gasteiger charge is 2.09. The zero-order valence-electron chi connectivity index (χ0n) is 17.7. The van der Waals surface area contributed by atoms with E-state index in [9.17, 15) is 9.59 Å². The number of hydrogen-bond donors (Lipinski definition) is 2. The molecule has 0 aliphatic heterocycles. The number of nitrogens with zero attached hydrogens (tertiary/aromatic N) is 1. The maximum atomic E-state index is 12.3. The van der Waals surface area contributed by atoms with E-state index in [-0.39, 0.29) is 18.9 Å². The van der Waals surface area contributed by atoms with Crippen molar-refractivity contribution in [1.29, 1.82) is 5.26 Å². The predicted molar refractivity (Wildman–Crippen MR) is 126 cm³/mol. The Bertz CT molecular complexity index is 1320. The molecule has 0 fully saturated rings. The maximum Gasteiger partial charge on any atom is 0.276 e. The maximum absolute atomic E-state index is 12.3. The van der Waals surface area contributed by atoms with Crippen molar-refractivity contribution in [3.63, 3.8) is 0 Å². The minimum absolute atomic E-state index is 0.152. The van der Waals surface area contributed by atoms with Crippen LogP contribution < -0.4 is 15.6 Å². The van der Waals surface area contributed by atoms with Gasteiger partial charge in [0.25, 0.3) is 5.91 Å². The highest BCUT2D eigenvalue weighted by molar-refractivity contribution is 5.91. The Labute approximate surface area is 191 Å². The standard InChI is InChI=1S/C27H21N3O3/c28-17-19-8-10-20(11-9-19)21-12-14-24(15-13-21)33-18-27(32)30-29-26(31)16-23-6-3-5-22-4-1-2-7-25(22)23/h1-15H,16,18H2,(H,29,31)(H,30,32). The van der Waals surface area contributed by atoms with Gasteiger partial charge >= 0.3 is 0 Å². The van der Waals surface area contributed by atoms with Gasteiger partial charge in [-0.1, -0.05) is 66.7 Å². The summed E-state index contributed by atoms with van der Waals surface area (Å²) >= 11 is 0. The summed E-state index contributed by atoms with van der Waals surface area (Å²) in [6, 6.07) is 30.3. The number of hydrogen-bond acceptors (Lipinski definition) is 4. The second-order valence-corrected chi connectivity index (χ2v) is 7.41. The summed E-state index contributed by atoms with van der Waals surface area (Å²) in [5.41, 5.74) is 8.25. The van der Waals surface area contributed by atoms with Gasteiger partial charge in [-0.05, 0) is 51.7 Å². The van der Waals surface area contributed by atoms with E-state index >= 15 is 0 Å². The topological polar surface area (TPSA) is 91.2 Å². The zero-order valence-corrected chi connectivity index (χ0v) is 17.7. The van der Waals surface area contributed by atoms with Gasteiger partial charge in [0.1, 0.15) is 5.75 Å². The van der Waals surface area contributed by atoms with E-state index in [4.69, 9.17) is 10.00 Å². The number of amides is 2. The van der Waals surface area contributed by atoms with Gasteiger partial charge in [0, 0.05) is 0 Å². The first kappa shape index (κ1) is 21.6. The minimum atomic E-state index is -0.461. The molecule has 0 heterocycles. The van der Waals surface area contributed by atoms with E-state index in [1.54, 1.807) is 24.3 Å². The van der Waals surface area contributed by atoms with Crippen LogP contribution in [0.2, 0.25) is 0 Å². The van der Waals surface area contributed by atoms with E-state index in [0.717, 1.165) is 27.5 Å². The molecule has 0 aliphatic carbocycles. The third-order valence-corrected chi connectivity index (χ3v) is 5.14. The lowest BCUT2D eigenvalue weighted by Gasteiger charge is -2.10. The minimum Gasteiger partial charge on any atom is -0.484 e. The second-order valence-electron chi connectivity index (χ2n) is 7.41. The summed E-state index contributed by atoms with van der Waals surface area (Å²) in [7, 11) is 0. The van der Waals surface area contributed by atoms with Gasteiger partial charge in [-0.2, -0.15) is 5.26 Å². The molecule has 0 bridgehead atoms. The van der Waals surface area contributed by atoms with E-state index in [1.807, 2.05) is 66.7 Å². The average molecular weight is 435 g/mol. The predicted octanol–water partition coefficient (Wildman–Crippen LogP) is 4.15. The average Bonchev–Trinajstić information content (AvgIpc) is 2.87. The first-order chi connectivity index (χ1) is 16.1. The Morgan fingerprint density at radius 3 is 2.12 bits per heavy atom. The Kier molecular flexibility index (Phi) is 6.62. The number of hydrazine groups is 1. The molecule has 33 heavy (non-hydrogen) atoms. The summed E-state index contributed by atoms with van der Waals surface area (Å²) < 4.78 is 5.50. The smallest absolute Gasteiger partial charge is 0.276 e. The summed E-state index contributed by atoms with van der Waals surface area (Å²) in [6.07, 6.45) is 0.152. The molecular formula is C27H21N3O3. The first-order valence-electron chi connectivity index (χ1n) is 10.4. The first-order valence-corrected chi connectivity index (χ1v) is 10.4. The molecule has 6 nitrogen and oxygen atoms in total. The zero-order chi connectivity index (χ0) is 23.0. The largest absolute Gasteiger partial charge is 0.484 e. The van der Waals surface area contributed by atoms with Gasteiger partial charge in [0.05, 0.1) is 18.1 Å². The SMILES string of the molecule is N#Cc1ccc(-c2ccc(OCC(=O)NNC(=O)Cc3cccc4ccccc34)cc2)cc1. The van der Waals surface area contributed by atoms with Crippen molar-refractivity contribution >= 4 is 22.6 Å². The van der Waals surface area contributed by atoms with Gasteiger partial charge in [-0.15, -0.1) is 0 Å². The third kappa shape index (κ3) is 5.54. The molecule has 2 N–H and O–H groups in total. The van der Waals surface area contributed by atoms with Gasteiger partial charge in [0.2, 0.25) is 5.91 Å². The normalized spacial score (nSPS) is 10.3. The van der Waals surface area contributed by atoms with E-state index in [0.29, 0.717) is 11.3 Å². The molecule has 0 unspecified atom stereocenters. The number of carbonyl (C=O) groups excluding carboxylic acids is 2. The van der Waals surface area contributed by atoms with Crippen molar-refractivity contribution in [2.24, 2.45) is 0 Å². The molecule has 4 aromatic carbocycles. The third-order valence-electron chi connectivity index (χ3n) is 5.14. The molecule has 162 valence electrons. The van der Waals surface area contributed by atoms with Crippen LogP contribution in [0.25, 0.3) is 21.9 Å². The van der Waals surface area contributed by atoms with Gasteiger partial charge in [0.15, 0.2) is 6.61 Å². The van der Waals surface area contributed by atoms with Crippen LogP contribution in [0, 0.1) is 11.3 Å². The second kappa shape index (κ2) is 10.1. The van der Waals surface area contributed by atoms with Gasteiger partial charge in [-0.25, -0.2) is 0 Å². The van der Waals surface area contributed by atoms with Crippen LogP contribution in [0.3, 0.4) is 0 Å². The van der Waals surface area contributed by atoms with Crippen LogP contribution in [0.1, 0.15) is 11.1 Å². The summed E-state index contributed by atoms with van der Waals surface area (Å²) in [4.78, 5) is 24.3. The molecule has 0 atom stereocenters. The Morgan fingerprint density at radius 1 is 0.758 bits per heavy atom. The number of carbonyl (C=O) groups is 2. The van der Waals surface area contributed by atoms with Crippen molar-refractivity contribution in [3.8, 4) is 22.9 Å². The molecule has 4 aromatic rings. The molecule has 0 spiro atoms. The summed E-state index contributed by atoms with van der Waals surface area (Å²) in [6.45, 7) is -0.231. The fraction of sp³-hybridized carbons (Fsp3) is 0.0741. The lowest BCUT2D eigenvalue weighted by Crippen LogP contribution is -2.44. The fourth-order valence-corrected chi connectivity index (χ4v) is 3.47. The number of nitrogens with one attached hydrogen (secondary N) is 2. The van der Waals surface area contributed by atoms with Crippen molar-refractivity contribution in [1.82, 2.24) is 10.9 Å². The molecule has 0 radical (unpaired) electrons. The monoisotopic (exact) mass is 435 g/mol. The lowest BCUT2D eigenvalue weighted by molar-refractivity contribution is -0.129. The van der Waals surface area contributed by atoms with E-state index in [1.165, 1.54) is 0 Å². The van der Waals surface area contributed by atoms with Gasteiger partial charge in [-0.3, -0.25) is 20.4 Å². The number of ether oxygens (including phenoxy) is 1.